The molecule has 0 aromatic rings. The molecule has 1 rings (SSSR count). The van der Waals surface area contributed by atoms with Crippen LogP contribution in [-0.4, -0.2) is 87.5 Å². The van der Waals surface area contributed by atoms with E-state index in [1.165, 1.54) is 161 Å². The van der Waals surface area contributed by atoms with Gasteiger partial charge in [-0.15, -0.1) is 0 Å². The third kappa shape index (κ3) is 28.4. The molecule has 0 aromatic heterocycles. The van der Waals surface area contributed by atoms with Crippen LogP contribution in [0.3, 0.4) is 0 Å². The van der Waals surface area contributed by atoms with Crippen molar-refractivity contribution >= 4 is 5.91 Å². The van der Waals surface area contributed by atoms with E-state index in [-0.39, 0.29) is 12.5 Å². The summed E-state index contributed by atoms with van der Waals surface area (Å²) in [7, 11) is 0. The van der Waals surface area contributed by atoms with Gasteiger partial charge < -0.3 is 40.3 Å². The van der Waals surface area contributed by atoms with E-state index in [9.17, 15) is 30.3 Å². The van der Waals surface area contributed by atoms with E-state index in [0.717, 1.165) is 38.5 Å². The number of rotatable bonds is 40. The van der Waals surface area contributed by atoms with Crippen LogP contribution in [0.25, 0.3) is 0 Å². The standard InChI is InChI=1S/C47H91NO8/c1-3-5-7-9-11-13-15-17-19-20-21-23-24-26-28-30-32-34-36-41(50)40(39-55-47-46(54)45(53)44(52)42(38-49)56-47)48-43(51)37-35-33-31-29-27-25-22-18-16-14-12-10-8-6-4-2/h14,16,40-42,44-47,49-50,52-54H,3-13,15,17-39H2,1-2H3,(H,48,51)/b16-14-. The highest BCUT2D eigenvalue weighted by Crippen LogP contribution is 2.23. The Morgan fingerprint density at radius 1 is 0.589 bits per heavy atom. The molecule has 1 fully saturated rings. The molecule has 1 aliphatic rings. The highest BCUT2D eigenvalue weighted by atomic mass is 16.7. The predicted molar refractivity (Wildman–Crippen MR) is 231 cm³/mol. The fraction of sp³-hybridized carbons (Fsp3) is 0.936. The van der Waals surface area contributed by atoms with Crippen molar-refractivity contribution in [3.8, 4) is 0 Å². The second-order valence-corrected chi connectivity index (χ2v) is 16.9. The number of nitrogens with one attached hydrogen (secondary N) is 1. The second kappa shape index (κ2) is 38.2. The SMILES string of the molecule is CCCCCC/C=C\CCCCCCCCCC(=O)NC(COC1OC(CO)C(O)C(O)C1O)C(O)CCCCCCCCCCCCCCCCCCCC. The number of aliphatic hydroxyl groups excluding tert-OH is 5. The Morgan fingerprint density at radius 3 is 1.46 bits per heavy atom. The van der Waals surface area contributed by atoms with E-state index >= 15 is 0 Å². The molecule has 1 amide bonds. The van der Waals surface area contributed by atoms with Gasteiger partial charge in [-0.05, 0) is 38.5 Å². The maximum atomic E-state index is 13.0. The van der Waals surface area contributed by atoms with Gasteiger partial charge in [0.1, 0.15) is 24.4 Å². The summed E-state index contributed by atoms with van der Waals surface area (Å²) in [4.78, 5) is 13.0. The Morgan fingerprint density at radius 2 is 1.00 bits per heavy atom. The normalized spacial score (nSPS) is 21.2. The van der Waals surface area contributed by atoms with Crippen molar-refractivity contribution in [1.82, 2.24) is 5.32 Å². The maximum Gasteiger partial charge on any atom is 0.220 e. The first-order chi connectivity index (χ1) is 27.3. The fourth-order valence-electron chi connectivity index (χ4n) is 7.74. The van der Waals surface area contributed by atoms with Gasteiger partial charge in [-0.1, -0.05) is 193 Å². The summed E-state index contributed by atoms with van der Waals surface area (Å²) in [6.45, 7) is 3.83. The van der Waals surface area contributed by atoms with Crippen molar-refractivity contribution in [2.75, 3.05) is 13.2 Å². The van der Waals surface area contributed by atoms with Crippen LogP contribution in [0.15, 0.2) is 12.2 Å². The lowest BCUT2D eigenvalue weighted by Crippen LogP contribution is -2.60. The van der Waals surface area contributed by atoms with Gasteiger partial charge in [-0.25, -0.2) is 0 Å². The molecule has 9 nitrogen and oxygen atoms in total. The lowest BCUT2D eigenvalue weighted by atomic mass is 9.99. The van der Waals surface area contributed by atoms with Crippen LogP contribution in [0.5, 0.6) is 0 Å². The molecule has 1 aliphatic heterocycles. The number of aliphatic hydroxyl groups is 5. The molecule has 9 heteroatoms. The van der Waals surface area contributed by atoms with Gasteiger partial charge in [0.05, 0.1) is 25.4 Å². The zero-order valence-electron chi connectivity index (χ0n) is 36.4. The van der Waals surface area contributed by atoms with Gasteiger partial charge in [-0.2, -0.15) is 0 Å². The molecule has 7 atom stereocenters. The number of carbonyl (C=O) groups excluding carboxylic acids is 1. The minimum atomic E-state index is -1.55. The molecule has 0 spiro atoms. The molecule has 56 heavy (non-hydrogen) atoms. The number of allylic oxidation sites excluding steroid dienone is 2. The topological polar surface area (TPSA) is 149 Å². The van der Waals surface area contributed by atoms with Crippen molar-refractivity contribution < 1.29 is 39.8 Å². The Labute approximate surface area is 344 Å². The molecule has 0 aromatic carbocycles. The summed E-state index contributed by atoms with van der Waals surface area (Å²) in [5.41, 5.74) is 0. The summed E-state index contributed by atoms with van der Waals surface area (Å²) in [5, 5.41) is 54.4. The molecule has 1 saturated heterocycles. The lowest BCUT2D eigenvalue weighted by molar-refractivity contribution is -0.302. The third-order valence-corrected chi connectivity index (χ3v) is 11.6. The van der Waals surface area contributed by atoms with Crippen LogP contribution >= 0.6 is 0 Å². The zero-order chi connectivity index (χ0) is 40.9. The van der Waals surface area contributed by atoms with Crippen LogP contribution in [-0.2, 0) is 14.3 Å². The van der Waals surface area contributed by atoms with Crippen LogP contribution in [0.2, 0.25) is 0 Å². The van der Waals surface area contributed by atoms with Gasteiger partial charge in [0.2, 0.25) is 5.91 Å². The van der Waals surface area contributed by atoms with Crippen LogP contribution in [0, 0.1) is 0 Å². The van der Waals surface area contributed by atoms with Gasteiger partial charge >= 0.3 is 0 Å². The summed E-state index contributed by atoms with van der Waals surface area (Å²) in [6, 6.07) is -0.717. The molecular formula is C47H91NO8. The van der Waals surface area contributed by atoms with Crippen LogP contribution in [0.1, 0.15) is 226 Å². The first kappa shape index (κ1) is 52.9. The molecule has 1 heterocycles. The van der Waals surface area contributed by atoms with E-state index in [4.69, 9.17) is 9.47 Å². The second-order valence-electron chi connectivity index (χ2n) is 16.9. The first-order valence-electron chi connectivity index (χ1n) is 23.9. The van der Waals surface area contributed by atoms with E-state index in [1.807, 2.05) is 0 Å². The van der Waals surface area contributed by atoms with Crippen LogP contribution in [0.4, 0.5) is 0 Å². The summed E-state index contributed by atoms with van der Waals surface area (Å²) >= 11 is 0. The van der Waals surface area contributed by atoms with Crippen molar-refractivity contribution in [3.05, 3.63) is 12.2 Å². The zero-order valence-corrected chi connectivity index (χ0v) is 36.4. The average molecular weight is 798 g/mol. The largest absolute Gasteiger partial charge is 0.394 e. The number of carbonyl (C=O) groups is 1. The quantitative estimate of drug-likeness (QED) is 0.0265. The molecule has 0 aliphatic carbocycles. The molecule has 0 saturated carbocycles. The van der Waals surface area contributed by atoms with Crippen molar-refractivity contribution in [2.45, 2.75) is 269 Å². The number of hydrogen-bond donors (Lipinski definition) is 6. The Kier molecular flexibility index (Phi) is 36.1. The summed E-state index contributed by atoms with van der Waals surface area (Å²) in [5.74, 6) is -0.147. The van der Waals surface area contributed by atoms with E-state index in [0.29, 0.717) is 12.8 Å². The van der Waals surface area contributed by atoms with Crippen molar-refractivity contribution in [1.29, 1.82) is 0 Å². The Bertz CT molecular complexity index is 888. The molecule has 6 N–H and O–H groups in total. The number of unbranched alkanes of at least 4 members (excludes halogenated alkanes) is 28. The minimum absolute atomic E-state index is 0.136. The predicted octanol–water partition coefficient (Wildman–Crippen LogP) is 10.1. The van der Waals surface area contributed by atoms with Gasteiger partial charge in [0.15, 0.2) is 6.29 Å². The Hall–Kier alpha value is -1.07. The van der Waals surface area contributed by atoms with Gasteiger partial charge in [-0.3, -0.25) is 4.79 Å². The first-order valence-corrected chi connectivity index (χ1v) is 23.9. The number of amides is 1. The molecule has 7 unspecified atom stereocenters. The summed E-state index contributed by atoms with van der Waals surface area (Å²) < 4.78 is 11.3. The lowest BCUT2D eigenvalue weighted by Gasteiger charge is -2.40. The smallest absolute Gasteiger partial charge is 0.220 e. The monoisotopic (exact) mass is 798 g/mol. The highest BCUT2D eigenvalue weighted by molar-refractivity contribution is 5.76. The average Bonchev–Trinajstić information content (AvgIpc) is 3.20. The maximum absolute atomic E-state index is 13.0. The number of ether oxygens (including phenoxy) is 2. The molecule has 0 radical (unpaired) electrons. The van der Waals surface area contributed by atoms with E-state index in [1.54, 1.807) is 0 Å². The minimum Gasteiger partial charge on any atom is -0.394 e. The molecular weight excluding hydrogens is 707 g/mol. The van der Waals surface area contributed by atoms with E-state index < -0.39 is 49.5 Å². The van der Waals surface area contributed by atoms with Crippen molar-refractivity contribution in [2.24, 2.45) is 0 Å². The number of hydrogen-bond acceptors (Lipinski definition) is 8. The van der Waals surface area contributed by atoms with Crippen LogP contribution < -0.4 is 5.32 Å². The van der Waals surface area contributed by atoms with Gasteiger partial charge in [0.25, 0.3) is 0 Å². The van der Waals surface area contributed by atoms with E-state index in [2.05, 4.69) is 31.3 Å². The highest BCUT2D eigenvalue weighted by Gasteiger charge is 2.44. The van der Waals surface area contributed by atoms with Gasteiger partial charge in [0, 0.05) is 6.42 Å². The molecule has 332 valence electrons. The Balaban J connectivity index is 2.31. The third-order valence-electron chi connectivity index (χ3n) is 11.6. The molecule has 0 bridgehead atoms. The summed E-state index contributed by atoms with van der Waals surface area (Å²) in [6.07, 6.45) is 36.4. The van der Waals surface area contributed by atoms with Crippen molar-refractivity contribution in [3.63, 3.8) is 0 Å². The fourth-order valence-corrected chi connectivity index (χ4v) is 7.74.